The molecule has 0 aliphatic heterocycles. The van der Waals surface area contributed by atoms with Gasteiger partial charge in [-0.15, -0.1) is 0 Å². The van der Waals surface area contributed by atoms with Crippen LogP contribution in [0.25, 0.3) is 0 Å². The lowest BCUT2D eigenvalue weighted by Crippen LogP contribution is -2.11. The van der Waals surface area contributed by atoms with Gasteiger partial charge in [-0.05, 0) is 37.5 Å². The van der Waals surface area contributed by atoms with Crippen molar-refractivity contribution in [3.05, 3.63) is 36.5 Å². The Labute approximate surface area is 154 Å². The average Bonchev–Trinajstić information content (AvgIpc) is 2.54. The largest absolute Gasteiger partial charge is 0.474 e. The fourth-order valence-corrected chi connectivity index (χ4v) is 2.67. The van der Waals surface area contributed by atoms with E-state index in [1.165, 1.54) is 0 Å². The minimum absolute atomic E-state index is 0.0402. The van der Waals surface area contributed by atoms with Gasteiger partial charge in [0.1, 0.15) is 0 Å². The van der Waals surface area contributed by atoms with Gasteiger partial charge in [0.25, 0.3) is 0 Å². The Morgan fingerprint density at radius 1 is 0.654 bits per heavy atom. The third kappa shape index (κ3) is 10.4. The molecule has 7 nitrogen and oxygen atoms in total. The number of hydrogen-bond acceptors (Lipinski definition) is 7. The molecule has 0 fully saturated rings. The van der Waals surface area contributed by atoms with E-state index in [9.17, 15) is 18.9 Å². The molecule has 0 N–H and O–H groups in total. The molecule has 0 unspecified atom stereocenters. The first kappa shape index (κ1) is 24.3. The number of carbonyl (C=O) groups excluding carboxylic acids is 3. The monoisotopic (exact) mass is 386 g/mol. The third-order valence-electron chi connectivity index (χ3n) is 3.16. The fraction of sp³-hybridized carbons (Fsp3) is 0.500. The van der Waals surface area contributed by atoms with E-state index in [1.54, 1.807) is 20.8 Å². The van der Waals surface area contributed by atoms with Crippen molar-refractivity contribution >= 4 is 25.2 Å². The van der Waals surface area contributed by atoms with E-state index in [1.807, 2.05) is 0 Å². The van der Waals surface area contributed by atoms with E-state index in [4.69, 9.17) is 13.6 Å². The van der Waals surface area contributed by atoms with Crippen molar-refractivity contribution < 1.29 is 32.5 Å². The SMILES string of the molecule is C=C(C)C(=O)CCOP(=O)(OCCC(=O)C(=C)C)OCCC(=O)C(=C)C. The standard InChI is InChI=1S/C18H27O7P/c1-13(2)16(19)7-10-23-26(22,24-11-8-17(20)14(3)4)25-12-9-18(21)15(5)6/h1,3,5,7-12H2,2,4,6H3. The highest BCUT2D eigenvalue weighted by atomic mass is 31.2. The summed E-state index contributed by atoms with van der Waals surface area (Å²) in [6.45, 7) is 14.6. The van der Waals surface area contributed by atoms with Crippen LogP contribution in [0.5, 0.6) is 0 Å². The predicted octanol–water partition coefficient (Wildman–Crippen LogP) is 3.75. The molecule has 0 bridgehead atoms. The highest BCUT2D eigenvalue weighted by Gasteiger charge is 2.27. The molecule has 0 aliphatic carbocycles. The Bertz CT molecular complexity index is 548. The van der Waals surface area contributed by atoms with Crippen LogP contribution in [0.15, 0.2) is 36.5 Å². The number of allylic oxidation sites excluding steroid dienone is 3. The van der Waals surface area contributed by atoms with Gasteiger partial charge in [0, 0.05) is 19.3 Å². The van der Waals surface area contributed by atoms with Crippen LogP contribution in [0, 0.1) is 0 Å². The molecular weight excluding hydrogens is 359 g/mol. The predicted molar refractivity (Wildman–Crippen MR) is 98.8 cm³/mol. The third-order valence-corrected chi connectivity index (χ3v) is 4.66. The summed E-state index contributed by atoms with van der Waals surface area (Å²) in [4.78, 5) is 34.6. The van der Waals surface area contributed by atoms with Gasteiger partial charge in [-0.1, -0.05) is 19.7 Å². The second-order valence-electron chi connectivity index (χ2n) is 5.81. The maximum absolute atomic E-state index is 12.6. The van der Waals surface area contributed by atoms with E-state index in [0.717, 1.165) is 0 Å². The number of Topliss-reactive ketones (excluding diaryl/α,β-unsaturated/α-hetero) is 3. The molecule has 0 aromatic carbocycles. The number of phosphoric acid groups is 1. The van der Waals surface area contributed by atoms with Crippen molar-refractivity contribution in [2.45, 2.75) is 40.0 Å². The van der Waals surface area contributed by atoms with E-state index < -0.39 is 7.82 Å². The molecule has 0 rings (SSSR count). The summed E-state index contributed by atoms with van der Waals surface area (Å²) >= 11 is 0. The molecule has 0 atom stereocenters. The lowest BCUT2D eigenvalue weighted by atomic mass is 10.2. The number of phosphoric ester groups is 1. The molecule has 0 aromatic rings. The summed E-state index contributed by atoms with van der Waals surface area (Å²) in [5, 5.41) is 0. The van der Waals surface area contributed by atoms with Crippen molar-refractivity contribution in [3.63, 3.8) is 0 Å². The molecule has 0 saturated carbocycles. The Morgan fingerprint density at radius 3 is 1.08 bits per heavy atom. The van der Waals surface area contributed by atoms with Gasteiger partial charge in [-0.2, -0.15) is 0 Å². The molecule has 0 amide bonds. The Balaban J connectivity index is 4.70. The van der Waals surface area contributed by atoms with Gasteiger partial charge in [-0.3, -0.25) is 28.0 Å². The van der Waals surface area contributed by atoms with E-state index >= 15 is 0 Å². The summed E-state index contributed by atoms with van der Waals surface area (Å²) in [6, 6.07) is 0. The summed E-state index contributed by atoms with van der Waals surface area (Å²) in [6.07, 6.45) is -0.121. The zero-order valence-corrected chi connectivity index (χ0v) is 16.6. The van der Waals surface area contributed by atoms with Gasteiger partial charge in [0.2, 0.25) is 0 Å². The van der Waals surface area contributed by atoms with E-state index in [0.29, 0.717) is 16.7 Å². The Hall–Kier alpha value is -1.66. The number of carbonyl (C=O) groups is 3. The van der Waals surface area contributed by atoms with Crippen LogP contribution in [0.4, 0.5) is 0 Å². The number of hydrogen-bond donors (Lipinski definition) is 0. The zero-order chi connectivity index (χ0) is 20.3. The van der Waals surface area contributed by atoms with Crippen molar-refractivity contribution in [2.75, 3.05) is 19.8 Å². The molecule has 0 aliphatic rings. The van der Waals surface area contributed by atoms with Gasteiger partial charge >= 0.3 is 7.82 Å². The maximum Gasteiger partial charge on any atom is 0.474 e. The summed E-state index contributed by atoms with van der Waals surface area (Å²) in [7, 11) is -4.02. The van der Waals surface area contributed by atoms with Crippen molar-refractivity contribution in [3.8, 4) is 0 Å². The van der Waals surface area contributed by atoms with Gasteiger partial charge in [-0.25, -0.2) is 4.57 Å². The van der Waals surface area contributed by atoms with Gasteiger partial charge in [0.05, 0.1) is 19.8 Å². The normalized spacial score (nSPS) is 11.0. The topological polar surface area (TPSA) is 96.0 Å². The van der Waals surface area contributed by atoms with Crippen molar-refractivity contribution in [2.24, 2.45) is 0 Å². The average molecular weight is 386 g/mol. The van der Waals surface area contributed by atoms with E-state index in [-0.39, 0.29) is 56.4 Å². The quantitative estimate of drug-likeness (QED) is 0.312. The highest BCUT2D eigenvalue weighted by Crippen LogP contribution is 2.49. The smallest absolute Gasteiger partial charge is 0.294 e. The lowest BCUT2D eigenvalue weighted by Gasteiger charge is -2.17. The second-order valence-corrected chi connectivity index (χ2v) is 7.48. The molecule has 0 heterocycles. The molecular formula is C18H27O7P. The van der Waals surface area contributed by atoms with Crippen LogP contribution >= 0.6 is 7.82 Å². The summed E-state index contributed by atoms with van der Waals surface area (Å²) < 4.78 is 27.9. The van der Waals surface area contributed by atoms with Gasteiger partial charge < -0.3 is 0 Å². The Kier molecular flexibility index (Phi) is 11.1. The van der Waals surface area contributed by atoms with Crippen LogP contribution in [-0.2, 0) is 32.5 Å². The van der Waals surface area contributed by atoms with E-state index in [2.05, 4.69) is 19.7 Å². The van der Waals surface area contributed by atoms with Crippen LogP contribution in [0.3, 0.4) is 0 Å². The maximum atomic E-state index is 12.6. The van der Waals surface area contributed by atoms with Crippen LogP contribution in [-0.4, -0.2) is 37.2 Å². The molecule has 0 saturated heterocycles. The minimum atomic E-state index is -4.02. The Morgan fingerprint density at radius 2 is 0.885 bits per heavy atom. The first-order valence-corrected chi connectivity index (χ1v) is 9.54. The minimum Gasteiger partial charge on any atom is -0.294 e. The summed E-state index contributed by atoms with van der Waals surface area (Å²) in [5.41, 5.74) is 1.05. The van der Waals surface area contributed by atoms with Gasteiger partial charge in [0.15, 0.2) is 17.3 Å². The van der Waals surface area contributed by atoms with Crippen LogP contribution < -0.4 is 0 Å². The molecule has 146 valence electrons. The second kappa shape index (κ2) is 11.9. The van der Waals surface area contributed by atoms with Crippen LogP contribution in [0.2, 0.25) is 0 Å². The first-order chi connectivity index (χ1) is 12.0. The van der Waals surface area contributed by atoms with Crippen LogP contribution in [0.1, 0.15) is 40.0 Å². The summed E-state index contributed by atoms with van der Waals surface area (Å²) in [5.74, 6) is -0.732. The number of rotatable bonds is 15. The lowest BCUT2D eigenvalue weighted by molar-refractivity contribution is -0.116. The number of ketones is 3. The molecule has 0 spiro atoms. The first-order valence-electron chi connectivity index (χ1n) is 8.08. The molecule has 26 heavy (non-hydrogen) atoms. The zero-order valence-electron chi connectivity index (χ0n) is 15.7. The van der Waals surface area contributed by atoms with Crippen molar-refractivity contribution in [1.29, 1.82) is 0 Å². The molecule has 0 radical (unpaired) electrons. The molecule has 8 heteroatoms. The van der Waals surface area contributed by atoms with Crippen molar-refractivity contribution in [1.82, 2.24) is 0 Å². The highest BCUT2D eigenvalue weighted by molar-refractivity contribution is 7.48. The fourth-order valence-electron chi connectivity index (χ4n) is 1.50. The molecule has 0 aromatic heterocycles.